The molecule has 2 aromatic carbocycles. The molecule has 0 N–H and O–H groups in total. The molecule has 3 unspecified atom stereocenters. The molecule has 2 aromatic rings. The summed E-state index contributed by atoms with van der Waals surface area (Å²) in [6, 6.07) is 8.68. The zero-order chi connectivity index (χ0) is 18.5. The summed E-state index contributed by atoms with van der Waals surface area (Å²) in [4.78, 5) is 0. The van der Waals surface area contributed by atoms with Crippen molar-refractivity contribution < 1.29 is 28.4 Å². The largest absolute Gasteiger partial charge is 0.490 e. The van der Waals surface area contributed by atoms with Crippen LogP contribution in [0, 0.1) is 0 Å². The first-order valence-corrected chi connectivity index (χ1v) is 10.1. The molecule has 0 saturated carbocycles. The third kappa shape index (κ3) is 3.46. The standard InChI is InChI=1S/C22H24O6/c1-2-20-19(21(27-11-16-9-25-16)13(1)5-15-8-24-15)4-3-18(14-6-23-7-14)22(20)28-12-17-10-26-17/h1-4,14-17H,5-12H2. The van der Waals surface area contributed by atoms with Crippen molar-refractivity contribution in [2.45, 2.75) is 30.7 Å². The van der Waals surface area contributed by atoms with Crippen molar-refractivity contribution in [3.63, 3.8) is 0 Å². The van der Waals surface area contributed by atoms with Crippen molar-refractivity contribution in [1.29, 1.82) is 0 Å². The van der Waals surface area contributed by atoms with E-state index in [1.165, 1.54) is 11.1 Å². The van der Waals surface area contributed by atoms with Crippen molar-refractivity contribution in [3.8, 4) is 11.5 Å². The molecule has 4 aliphatic rings. The highest BCUT2D eigenvalue weighted by atomic mass is 16.6. The van der Waals surface area contributed by atoms with Crippen LogP contribution < -0.4 is 9.47 Å². The molecule has 4 aliphatic heterocycles. The van der Waals surface area contributed by atoms with Crippen molar-refractivity contribution in [1.82, 2.24) is 0 Å². The summed E-state index contributed by atoms with van der Waals surface area (Å²) in [5, 5.41) is 2.19. The van der Waals surface area contributed by atoms with Crippen LogP contribution >= 0.6 is 0 Å². The minimum absolute atomic E-state index is 0.217. The van der Waals surface area contributed by atoms with Crippen LogP contribution in [0.3, 0.4) is 0 Å². The van der Waals surface area contributed by atoms with Gasteiger partial charge in [-0.05, 0) is 5.56 Å². The van der Waals surface area contributed by atoms with Crippen molar-refractivity contribution in [2.24, 2.45) is 0 Å². The average molecular weight is 384 g/mol. The lowest BCUT2D eigenvalue weighted by molar-refractivity contribution is 0.00735. The van der Waals surface area contributed by atoms with Crippen LogP contribution in [0.5, 0.6) is 11.5 Å². The Balaban J connectivity index is 1.41. The van der Waals surface area contributed by atoms with E-state index < -0.39 is 0 Å². The molecule has 3 atom stereocenters. The van der Waals surface area contributed by atoms with Gasteiger partial charge in [0.15, 0.2) is 0 Å². The molecule has 4 saturated heterocycles. The van der Waals surface area contributed by atoms with E-state index in [1.54, 1.807) is 0 Å². The Labute approximate surface area is 163 Å². The van der Waals surface area contributed by atoms with E-state index in [0.29, 0.717) is 25.2 Å². The van der Waals surface area contributed by atoms with Crippen LogP contribution in [0.4, 0.5) is 0 Å². The van der Waals surface area contributed by atoms with E-state index in [0.717, 1.165) is 61.7 Å². The van der Waals surface area contributed by atoms with E-state index in [9.17, 15) is 0 Å². The number of hydrogen-bond acceptors (Lipinski definition) is 6. The van der Waals surface area contributed by atoms with E-state index in [-0.39, 0.29) is 12.2 Å². The third-order valence-electron chi connectivity index (χ3n) is 5.77. The molecular formula is C22H24O6. The highest BCUT2D eigenvalue weighted by molar-refractivity contribution is 5.95. The number of ether oxygens (including phenoxy) is 6. The van der Waals surface area contributed by atoms with Crippen LogP contribution in [0.1, 0.15) is 17.0 Å². The Morgan fingerprint density at radius 1 is 0.714 bits per heavy atom. The highest BCUT2D eigenvalue weighted by Crippen LogP contribution is 2.42. The molecule has 0 bridgehead atoms. The zero-order valence-corrected chi connectivity index (χ0v) is 15.7. The van der Waals surface area contributed by atoms with Crippen LogP contribution in [-0.2, 0) is 25.4 Å². The van der Waals surface area contributed by atoms with Gasteiger partial charge in [-0.25, -0.2) is 0 Å². The van der Waals surface area contributed by atoms with E-state index in [2.05, 4.69) is 24.3 Å². The lowest BCUT2D eigenvalue weighted by Gasteiger charge is -2.29. The topological polar surface area (TPSA) is 65.3 Å². The van der Waals surface area contributed by atoms with Gasteiger partial charge in [0, 0.05) is 28.7 Å². The number of hydrogen-bond donors (Lipinski definition) is 0. The molecule has 0 spiro atoms. The number of fused-ring (bicyclic) bond motifs is 1. The quantitative estimate of drug-likeness (QED) is 0.619. The van der Waals surface area contributed by atoms with Gasteiger partial charge in [0.2, 0.25) is 0 Å². The van der Waals surface area contributed by atoms with Gasteiger partial charge in [0.25, 0.3) is 0 Å². The van der Waals surface area contributed by atoms with Gasteiger partial charge in [-0.3, -0.25) is 0 Å². The molecule has 28 heavy (non-hydrogen) atoms. The molecule has 6 heteroatoms. The van der Waals surface area contributed by atoms with Crippen LogP contribution in [0.2, 0.25) is 0 Å². The number of benzene rings is 2. The zero-order valence-electron chi connectivity index (χ0n) is 15.7. The summed E-state index contributed by atoms with van der Waals surface area (Å²) in [5.41, 5.74) is 2.40. The second-order valence-corrected chi connectivity index (χ2v) is 8.06. The average Bonchev–Trinajstić information content (AvgIpc) is 3.52. The van der Waals surface area contributed by atoms with Gasteiger partial charge in [-0.15, -0.1) is 0 Å². The molecule has 0 aliphatic carbocycles. The first kappa shape index (κ1) is 17.0. The highest BCUT2D eigenvalue weighted by Gasteiger charge is 2.31. The lowest BCUT2D eigenvalue weighted by atomic mass is 9.92. The smallest absolute Gasteiger partial charge is 0.131 e. The van der Waals surface area contributed by atoms with Gasteiger partial charge in [0.1, 0.15) is 36.9 Å². The van der Waals surface area contributed by atoms with Gasteiger partial charge >= 0.3 is 0 Å². The van der Waals surface area contributed by atoms with Crippen molar-refractivity contribution >= 4 is 10.8 Å². The molecule has 148 valence electrons. The maximum absolute atomic E-state index is 6.27. The van der Waals surface area contributed by atoms with Gasteiger partial charge < -0.3 is 28.4 Å². The molecule has 0 aromatic heterocycles. The van der Waals surface area contributed by atoms with Gasteiger partial charge in [-0.1, -0.05) is 24.3 Å². The predicted molar refractivity (Wildman–Crippen MR) is 101 cm³/mol. The molecule has 6 rings (SSSR count). The Hall–Kier alpha value is -1.86. The fourth-order valence-corrected chi connectivity index (χ4v) is 3.75. The number of rotatable bonds is 9. The maximum atomic E-state index is 6.27. The minimum atomic E-state index is 0.217. The Kier molecular flexibility index (Phi) is 4.19. The van der Waals surface area contributed by atoms with Gasteiger partial charge in [0.05, 0.1) is 39.1 Å². The van der Waals surface area contributed by atoms with Crippen LogP contribution in [0.15, 0.2) is 24.3 Å². The molecule has 4 heterocycles. The molecule has 4 fully saturated rings. The maximum Gasteiger partial charge on any atom is 0.131 e. The van der Waals surface area contributed by atoms with E-state index in [1.807, 2.05) is 0 Å². The monoisotopic (exact) mass is 384 g/mol. The first-order chi connectivity index (χ1) is 13.8. The molecule has 6 nitrogen and oxygen atoms in total. The Morgan fingerprint density at radius 3 is 1.93 bits per heavy atom. The summed E-state index contributed by atoms with van der Waals surface area (Å²) < 4.78 is 34.1. The van der Waals surface area contributed by atoms with E-state index in [4.69, 9.17) is 28.4 Å². The Morgan fingerprint density at radius 2 is 1.32 bits per heavy atom. The van der Waals surface area contributed by atoms with Gasteiger partial charge in [-0.2, -0.15) is 0 Å². The third-order valence-corrected chi connectivity index (χ3v) is 5.77. The summed E-state index contributed by atoms with van der Waals surface area (Å²) >= 11 is 0. The van der Waals surface area contributed by atoms with Crippen molar-refractivity contribution in [2.75, 3.05) is 46.2 Å². The fourth-order valence-electron chi connectivity index (χ4n) is 3.75. The second-order valence-electron chi connectivity index (χ2n) is 8.06. The van der Waals surface area contributed by atoms with Crippen LogP contribution in [0.25, 0.3) is 10.8 Å². The normalized spacial score (nSPS) is 28.1. The summed E-state index contributed by atoms with van der Waals surface area (Å²) in [6.45, 7) is 5.08. The van der Waals surface area contributed by atoms with Crippen LogP contribution in [-0.4, -0.2) is 64.6 Å². The molecule has 0 radical (unpaired) electrons. The summed E-state index contributed by atoms with van der Waals surface area (Å²) in [6.07, 6.45) is 1.62. The predicted octanol–water partition coefficient (Wildman–Crippen LogP) is 2.45. The van der Waals surface area contributed by atoms with Crippen molar-refractivity contribution in [3.05, 3.63) is 35.4 Å². The summed E-state index contributed by atoms with van der Waals surface area (Å²) in [5.74, 6) is 2.28. The molecule has 0 amide bonds. The lowest BCUT2D eigenvalue weighted by Crippen LogP contribution is -2.26. The summed E-state index contributed by atoms with van der Waals surface area (Å²) in [7, 11) is 0. The van der Waals surface area contributed by atoms with E-state index >= 15 is 0 Å². The molecular weight excluding hydrogens is 360 g/mol. The first-order valence-electron chi connectivity index (χ1n) is 10.1. The fraction of sp³-hybridized carbons (Fsp3) is 0.545. The second kappa shape index (κ2) is 6.88. The number of epoxide rings is 3. The Bertz CT molecular complexity index is 880. The SMILES string of the molecule is c1cc2c(OCC3CO3)c(C3COC3)ccc2c(OCC2CO2)c1CC1CO1. The minimum Gasteiger partial charge on any atom is -0.490 e.